The second kappa shape index (κ2) is 5.61. The minimum Gasteiger partial charge on any atom is -0.492 e. The molecule has 2 atom stereocenters. The first-order valence-corrected chi connectivity index (χ1v) is 6.51. The number of nitrogens with one attached hydrogen (secondary N) is 1. The molecule has 1 fully saturated rings. The summed E-state index contributed by atoms with van der Waals surface area (Å²) in [5, 5.41) is 4.11. The van der Waals surface area contributed by atoms with Crippen LogP contribution in [0, 0.1) is 0 Å². The van der Waals surface area contributed by atoms with Crippen LogP contribution in [0.4, 0.5) is 5.69 Å². The van der Waals surface area contributed by atoms with E-state index in [2.05, 4.69) is 5.32 Å². The molecule has 17 heavy (non-hydrogen) atoms. The molecule has 0 bridgehead atoms. The molecule has 0 radical (unpaired) electrons. The molecule has 0 spiro atoms. The minimum absolute atomic E-state index is 0.339. The summed E-state index contributed by atoms with van der Waals surface area (Å²) in [6.45, 7) is 2.58. The fraction of sp³-hybridized carbons (Fsp3) is 0.538. The third kappa shape index (κ3) is 3.27. The first-order chi connectivity index (χ1) is 8.19. The van der Waals surface area contributed by atoms with E-state index < -0.39 is 0 Å². The van der Waals surface area contributed by atoms with Crippen LogP contribution in [0.5, 0.6) is 5.75 Å². The predicted molar refractivity (Wildman–Crippen MR) is 71.9 cm³/mol. The highest BCUT2D eigenvalue weighted by atomic mass is 35.5. The lowest BCUT2D eigenvalue weighted by Crippen LogP contribution is -2.20. The minimum atomic E-state index is 0.339. The highest BCUT2D eigenvalue weighted by Gasteiger charge is 2.21. The Balaban J connectivity index is 1.99. The number of ether oxygens (including phenoxy) is 1. The summed E-state index contributed by atoms with van der Waals surface area (Å²) in [7, 11) is 0. The SMILES string of the molecule is CCOc1ccc(NC2CCC(N)C2)cc1Cl. The van der Waals surface area contributed by atoms with Gasteiger partial charge in [-0.3, -0.25) is 0 Å². The Hall–Kier alpha value is -0.930. The monoisotopic (exact) mass is 254 g/mol. The second-order valence-corrected chi connectivity index (χ2v) is 4.90. The third-order valence-corrected chi connectivity index (χ3v) is 3.37. The van der Waals surface area contributed by atoms with Crippen LogP contribution >= 0.6 is 11.6 Å². The normalized spacial score (nSPS) is 23.7. The number of nitrogens with two attached hydrogens (primary N) is 1. The average molecular weight is 255 g/mol. The Morgan fingerprint density at radius 2 is 2.29 bits per heavy atom. The zero-order valence-corrected chi connectivity index (χ0v) is 10.8. The predicted octanol–water partition coefficient (Wildman–Crippen LogP) is 3.03. The molecule has 94 valence electrons. The molecule has 1 aromatic rings. The highest BCUT2D eigenvalue weighted by Crippen LogP contribution is 2.29. The van der Waals surface area contributed by atoms with Crippen LogP contribution in [0.2, 0.25) is 5.02 Å². The van der Waals surface area contributed by atoms with Gasteiger partial charge < -0.3 is 15.8 Å². The van der Waals surface area contributed by atoms with Crippen LogP contribution < -0.4 is 15.8 Å². The van der Waals surface area contributed by atoms with E-state index in [-0.39, 0.29) is 0 Å². The largest absolute Gasteiger partial charge is 0.492 e. The Morgan fingerprint density at radius 1 is 1.47 bits per heavy atom. The van der Waals surface area contributed by atoms with Gasteiger partial charge in [-0.1, -0.05) is 11.6 Å². The van der Waals surface area contributed by atoms with Crippen molar-refractivity contribution >= 4 is 17.3 Å². The third-order valence-electron chi connectivity index (χ3n) is 3.08. The molecule has 4 heteroatoms. The molecule has 1 saturated carbocycles. The summed E-state index contributed by atoms with van der Waals surface area (Å²) >= 11 is 6.13. The van der Waals surface area contributed by atoms with E-state index in [0.29, 0.717) is 23.7 Å². The molecule has 0 saturated heterocycles. The lowest BCUT2D eigenvalue weighted by molar-refractivity contribution is 0.340. The van der Waals surface area contributed by atoms with Gasteiger partial charge in [0.05, 0.1) is 11.6 Å². The molecule has 3 nitrogen and oxygen atoms in total. The zero-order chi connectivity index (χ0) is 12.3. The summed E-state index contributed by atoms with van der Waals surface area (Å²) in [5.74, 6) is 0.739. The summed E-state index contributed by atoms with van der Waals surface area (Å²) < 4.78 is 5.40. The van der Waals surface area contributed by atoms with Gasteiger partial charge >= 0.3 is 0 Å². The zero-order valence-electron chi connectivity index (χ0n) is 10.1. The van der Waals surface area contributed by atoms with Crippen molar-refractivity contribution in [3.8, 4) is 5.75 Å². The van der Waals surface area contributed by atoms with Crippen LogP contribution in [0.25, 0.3) is 0 Å². The molecule has 2 rings (SSSR count). The summed E-state index contributed by atoms with van der Waals surface area (Å²) in [6.07, 6.45) is 3.26. The fourth-order valence-electron chi connectivity index (χ4n) is 2.25. The summed E-state index contributed by atoms with van der Waals surface area (Å²) in [4.78, 5) is 0. The Kier molecular flexibility index (Phi) is 4.13. The van der Waals surface area contributed by atoms with Gasteiger partial charge in [-0.25, -0.2) is 0 Å². The van der Waals surface area contributed by atoms with Crippen molar-refractivity contribution in [1.29, 1.82) is 0 Å². The van der Waals surface area contributed by atoms with Crippen molar-refractivity contribution in [2.24, 2.45) is 5.73 Å². The Labute approximate surface area is 107 Å². The first-order valence-electron chi connectivity index (χ1n) is 6.13. The van der Waals surface area contributed by atoms with Crippen LogP contribution in [-0.2, 0) is 0 Å². The first kappa shape index (κ1) is 12.5. The van der Waals surface area contributed by atoms with Crippen molar-refractivity contribution < 1.29 is 4.74 Å². The maximum absolute atomic E-state index is 6.13. The highest BCUT2D eigenvalue weighted by molar-refractivity contribution is 6.32. The van der Waals surface area contributed by atoms with Crippen LogP contribution in [-0.4, -0.2) is 18.7 Å². The van der Waals surface area contributed by atoms with Gasteiger partial charge in [0.25, 0.3) is 0 Å². The number of hydrogen-bond acceptors (Lipinski definition) is 3. The quantitative estimate of drug-likeness (QED) is 0.868. The molecule has 3 N–H and O–H groups in total. The number of anilines is 1. The number of halogens is 1. The molecule has 0 heterocycles. The van der Waals surface area contributed by atoms with Crippen molar-refractivity contribution in [1.82, 2.24) is 0 Å². The van der Waals surface area contributed by atoms with Gasteiger partial charge in [0, 0.05) is 17.8 Å². The topological polar surface area (TPSA) is 47.3 Å². The number of rotatable bonds is 4. The van der Waals surface area contributed by atoms with E-state index in [4.69, 9.17) is 22.1 Å². The van der Waals surface area contributed by atoms with E-state index in [9.17, 15) is 0 Å². The molecular formula is C13H19ClN2O. The lowest BCUT2D eigenvalue weighted by atomic mass is 10.2. The van der Waals surface area contributed by atoms with Gasteiger partial charge in [0.1, 0.15) is 5.75 Å². The molecule has 2 unspecified atom stereocenters. The Bertz CT molecular complexity index is 384. The van der Waals surface area contributed by atoms with E-state index in [1.165, 1.54) is 0 Å². The standard InChI is InChI=1S/C13H19ClN2O/c1-2-17-13-6-5-11(8-12(13)14)16-10-4-3-9(15)7-10/h5-6,8-10,16H,2-4,7,15H2,1H3. The second-order valence-electron chi connectivity index (χ2n) is 4.49. The fourth-order valence-corrected chi connectivity index (χ4v) is 2.48. The van der Waals surface area contributed by atoms with E-state index >= 15 is 0 Å². The maximum Gasteiger partial charge on any atom is 0.138 e. The molecule has 1 aromatic carbocycles. The molecule has 1 aliphatic rings. The lowest BCUT2D eigenvalue weighted by Gasteiger charge is -2.15. The van der Waals surface area contributed by atoms with Crippen molar-refractivity contribution in [3.63, 3.8) is 0 Å². The van der Waals surface area contributed by atoms with E-state index in [0.717, 1.165) is 30.7 Å². The van der Waals surface area contributed by atoms with Crippen LogP contribution in [0.1, 0.15) is 26.2 Å². The van der Waals surface area contributed by atoms with Gasteiger partial charge in [-0.2, -0.15) is 0 Å². The number of hydrogen-bond donors (Lipinski definition) is 2. The van der Waals surface area contributed by atoms with Gasteiger partial charge in [-0.05, 0) is 44.4 Å². The van der Waals surface area contributed by atoms with Crippen LogP contribution in [0.3, 0.4) is 0 Å². The molecule has 1 aliphatic carbocycles. The summed E-state index contributed by atoms with van der Waals surface area (Å²) in [5.41, 5.74) is 6.93. The van der Waals surface area contributed by atoms with Gasteiger partial charge in [0.15, 0.2) is 0 Å². The van der Waals surface area contributed by atoms with Crippen molar-refractivity contribution in [3.05, 3.63) is 23.2 Å². The maximum atomic E-state index is 6.13. The number of benzene rings is 1. The average Bonchev–Trinajstić information content (AvgIpc) is 2.68. The molecule has 0 aromatic heterocycles. The smallest absolute Gasteiger partial charge is 0.138 e. The van der Waals surface area contributed by atoms with Crippen LogP contribution in [0.15, 0.2) is 18.2 Å². The van der Waals surface area contributed by atoms with Crippen molar-refractivity contribution in [2.75, 3.05) is 11.9 Å². The van der Waals surface area contributed by atoms with Gasteiger partial charge in [-0.15, -0.1) is 0 Å². The van der Waals surface area contributed by atoms with Crippen molar-refractivity contribution in [2.45, 2.75) is 38.3 Å². The molecule has 0 amide bonds. The van der Waals surface area contributed by atoms with Gasteiger partial charge in [0.2, 0.25) is 0 Å². The molecular weight excluding hydrogens is 236 g/mol. The molecule has 0 aliphatic heterocycles. The summed E-state index contributed by atoms with van der Waals surface area (Å²) in [6, 6.07) is 6.63. The Morgan fingerprint density at radius 3 is 2.88 bits per heavy atom. The van der Waals surface area contributed by atoms with E-state index in [1.54, 1.807) is 0 Å². The van der Waals surface area contributed by atoms with E-state index in [1.807, 2.05) is 25.1 Å².